The standard InChI is InChI=1S/C23H17FN2O2/c1-14-5-8-17(22(27)11-14)15-6-9-20(25-12-15)21-10-7-16(13-26-21)18-3-2-4-19(24)23(18)28/h2-13,27-28H,1H3. The monoisotopic (exact) mass is 372 g/mol. The Morgan fingerprint density at radius 3 is 1.96 bits per heavy atom. The number of benzene rings is 2. The summed E-state index contributed by atoms with van der Waals surface area (Å²) in [4.78, 5) is 8.82. The van der Waals surface area contributed by atoms with E-state index in [4.69, 9.17) is 0 Å². The summed E-state index contributed by atoms with van der Waals surface area (Å²) >= 11 is 0. The van der Waals surface area contributed by atoms with Gasteiger partial charge < -0.3 is 10.2 Å². The van der Waals surface area contributed by atoms with E-state index in [-0.39, 0.29) is 5.75 Å². The average Bonchev–Trinajstić information content (AvgIpc) is 2.71. The summed E-state index contributed by atoms with van der Waals surface area (Å²) in [6, 6.07) is 17.1. The van der Waals surface area contributed by atoms with Crippen molar-refractivity contribution in [3.05, 3.63) is 84.4 Å². The quantitative estimate of drug-likeness (QED) is 0.510. The third-order valence-corrected chi connectivity index (χ3v) is 4.55. The number of nitrogens with zero attached hydrogens (tertiary/aromatic N) is 2. The lowest BCUT2D eigenvalue weighted by atomic mass is 10.0. The average molecular weight is 372 g/mol. The molecule has 5 heteroatoms. The van der Waals surface area contributed by atoms with Gasteiger partial charge in [-0.2, -0.15) is 0 Å². The molecule has 0 aliphatic heterocycles. The maximum atomic E-state index is 13.5. The maximum Gasteiger partial charge on any atom is 0.165 e. The van der Waals surface area contributed by atoms with Crippen LogP contribution in [-0.4, -0.2) is 20.2 Å². The number of rotatable bonds is 3. The van der Waals surface area contributed by atoms with Gasteiger partial charge >= 0.3 is 0 Å². The van der Waals surface area contributed by atoms with E-state index in [1.54, 1.807) is 42.7 Å². The van der Waals surface area contributed by atoms with Gasteiger partial charge in [0.2, 0.25) is 0 Å². The molecule has 4 rings (SSSR count). The molecule has 0 unspecified atom stereocenters. The summed E-state index contributed by atoms with van der Waals surface area (Å²) in [6.45, 7) is 1.92. The molecule has 0 aliphatic rings. The molecule has 0 fully saturated rings. The first-order chi connectivity index (χ1) is 13.5. The summed E-state index contributed by atoms with van der Waals surface area (Å²) in [5.41, 5.74) is 4.83. The molecule has 4 nitrogen and oxygen atoms in total. The molecule has 138 valence electrons. The number of hydrogen-bond donors (Lipinski definition) is 2. The highest BCUT2D eigenvalue weighted by molar-refractivity contribution is 5.73. The van der Waals surface area contributed by atoms with Crippen molar-refractivity contribution in [2.24, 2.45) is 0 Å². The van der Waals surface area contributed by atoms with Gasteiger partial charge in [-0.3, -0.25) is 9.97 Å². The molecule has 0 spiro atoms. The molecule has 2 heterocycles. The van der Waals surface area contributed by atoms with Crippen LogP contribution in [0.1, 0.15) is 5.56 Å². The van der Waals surface area contributed by atoms with Gasteiger partial charge in [0, 0.05) is 34.6 Å². The van der Waals surface area contributed by atoms with Gasteiger partial charge in [0.1, 0.15) is 5.75 Å². The summed E-state index contributed by atoms with van der Waals surface area (Å²) in [5.74, 6) is -0.845. The number of aromatic hydroxyl groups is 2. The van der Waals surface area contributed by atoms with Crippen LogP contribution in [0.3, 0.4) is 0 Å². The van der Waals surface area contributed by atoms with Gasteiger partial charge in [-0.05, 0) is 36.8 Å². The fraction of sp³-hybridized carbons (Fsp3) is 0.0435. The molecule has 0 saturated heterocycles. The Kier molecular flexibility index (Phi) is 4.49. The topological polar surface area (TPSA) is 66.2 Å². The number of aryl methyl sites for hydroxylation is 1. The van der Waals surface area contributed by atoms with Crippen LogP contribution in [0.25, 0.3) is 33.6 Å². The van der Waals surface area contributed by atoms with Gasteiger partial charge in [0.25, 0.3) is 0 Å². The van der Waals surface area contributed by atoms with Crippen LogP contribution in [0.4, 0.5) is 4.39 Å². The fourth-order valence-corrected chi connectivity index (χ4v) is 3.04. The lowest BCUT2D eigenvalue weighted by Gasteiger charge is -2.08. The molecule has 0 saturated carbocycles. The van der Waals surface area contributed by atoms with Crippen LogP contribution in [0.5, 0.6) is 11.5 Å². The van der Waals surface area contributed by atoms with Gasteiger partial charge in [-0.1, -0.05) is 36.4 Å². The molecule has 4 aromatic rings. The first kappa shape index (κ1) is 17.7. The molecule has 2 N–H and O–H groups in total. The second-order valence-electron chi connectivity index (χ2n) is 6.52. The first-order valence-electron chi connectivity index (χ1n) is 8.73. The zero-order chi connectivity index (χ0) is 19.7. The van der Waals surface area contributed by atoms with E-state index >= 15 is 0 Å². The van der Waals surface area contributed by atoms with Crippen molar-refractivity contribution in [3.8, 4) is 45.1 Å². The number of pyridine rings is 2. The smallest absolute Gasteiger partial charge is 0.165 e. The van der Waals surface area contributed by atoms with E-state index in [9.17, 15) is 14.6 Å². The highest BCUT2D eigenvalue weighted by atomic mass is 19.1. The molecular formula is C23H17FN2O2. The molecule has 0 bridgehead atoms. The Balaban J connectivity index is 1.62. The fourth-order valence-electron chi connectivity index (χ4n) is 3.04. The van der Waals surface area contributed by atoms with Crippen molar-refractivity contribution < 1.29 is 14.6 Å². The molecular weight excluding hydrogens is 355 g/mol. The first-order valence-corrected chi connectivity index (χ1v) is 8.73. The third kappa shape index (κ3) is 3.30. The number of halogens is 1. The summed E-state index contributed by atoms with van der Waals surface area (Å²) < 4.78 is 13.5. The number of aromatic nitrogens is 2. The van der Waals surface area contributed by atoms with Crippen LogP contribution in [-0.2, 0) is 0 Å². The summed E-state index contributed by atoms with van der Waals surface area (Å²) in [6.07, 6.45) is 3.26. The SMILES string of the molecule is Cc1ccc(-c2ccc(-c3ccc(-c4cccc(F)c4O)cn3)nc2)c(O)c1. The van der Waals surface area contributed by atoms with Crippen molar-refractivity contribution in [2.45, 2.75) is 6.92 Å². The molecule has 2 aromatic heterocycles. The van der Waals surface area contributed by atoms with Crippen molar-refractivity contribution in [1.29, 1.82) is 0 Å². The molecule has 0 aliphatic carbocycles. The highest BCUT2D eigenvalue weighted by Crippen LogP contribution is 2.32. The lowest BCUT2D eigenvalue weighted by molar-refractivity contribution is 0.434. The molecule has 28 heavy (non-hydrogen) atoms. The van der Waals surface area contributed by atoms with Crippen molar-refractivity contribution >= 4 is 0 Å². The zero-order valence-corrected chi connectivity index (χ0v) is 15.1. The van der Waals surface area contributed by atoms with Gasteiger partial charge in [0.05, 0.1) is 11.4 Å². The Bertz CT molecular complexity index is 1140. The Hall–Kier alpha value is -3.73. The Morgan fingerprint density at radius 1 is 0.750 bits per heavy atom. The number of phenolic OH excluding ortho intramolecular Hbond substituents is 2. The minimum atomic E-state index is -0.668. The number of hydrogen-bond acceptors (Lipinski definition) is 4. The van der Waals surface area contributed by atoms with Crippen LogP contribution >= 0.6 is 0 Å². The van der Waals surface area contributed by atoms with E-state index in [0.29, 0.717) is 22.5 Å². The third-order valence-electron chi connectivity index (χ3n) is 4.55. The van der Waals surface area contributed by atoms with Crippen LogP contribution in [0.2, 0.25) is 0 Å². The largest absolute Gasteiger partial charge is 0.507 e. The molecule has 0 radical (unpaired) electrons. The molecule has 0 amide bonds. The van der Waals surface area contributed by atoms with Gasteiger partial charge in [0.15, 0.2) is 11.6 Å². The number of para-hydroxylation sites is 1. The van der Waals surface area contributed by atoms with Crippen LogP contribution in [0, 0.1) is 12.7 Å². The minimum Gasteiger partial charge on any atom is -0.507 e. The predicted molar refractivity (Wildman–Crippen MR) is 106 cm³/mol. The Morgan fingerprint density at radius 2 is 1.39 bits per heavy atom. The summed E-state index contributed by atoms with van der Waals surface area (Å²) in [5, 5.41) is 20.0. The van der Waals surface area contributed by atoms with Crippen LogP contribution < -0.4 is 0 Å². The minimum absolute atomic E-state index is 0.215. The second-order valence-corrected chi connectivity index (χ2v) is 6.52. The maximum absolute atomic E-state index is 13.5. The second kappa shape index (κ2) is 7.12. The van der Waals surface area contributed by atoms with E-state index in [1.807, 2.05) is 31.2 Å². The normalized spacial score (nSPS) is 10.8. The highest BCUT2D eigenvalue weighted by Gasteiger charge is 2.10. The zero-order valence-electron chi connectivity index (χ0n) is 15.1. The van der Waals surface area contributed by atoms with E-state index in [1.165, 1.54) is 6.07 Å². The number of phenols is 2. The Labute approximate surface area is 161 Å². The van der Waals surface area contributed by atoms with Gasteiger partial charge in [-0.25, -0.2) is 4.39 Å². The van der Waals surface area contributed by atoms with Crippen molar-refractivity contribution in [3.63, 3.8) is 0 Å². The van der Waals surface area contributed by atoms with Crippen molar-refractivity contribution in [1.82, 2.24) is 9.97 Å². The van der Waals surface area contributed by atoms with E-state index in [2.05, 4.69) is 9.97 Å². The summed E-state index contributed by atoms with van der Waals surface area (Å²) in [7, 11) is 0. The van der Waals surface area contributed by atoms with Crippen molar-refractivity contribution in [2.75, 3.05) is 0 Å². The lowest BCUT2D eigenvalue weighted by Crippen LogP contribution is -1.90. The van der Waals surface area contributed by atoms with E-state index in [0.717, 1.165) is 16.7 Å². The van der Waals surface area contributed by atoms with E-state index < -0.39 is 11.6 Å². The molecule has 2 aromatic carbocycles. The van der Waals surface area contributed by atoms with Crippen LogP contribution in [0.15, 0.2) is 73.1 Å². The predicted octanol–water partition coefficient (Wildman–Crippen LogP) is 5.34. The molecule has 0 atom stereocenters. The van der Waals surface area contributed by atoms with Gasteiger partial charge in [-0.15, -0.1) is 0 Å².